The Bertz CT molecular complexity index is 1010. The van der Waals surface area contributed by atoms with Crippen molar-refractivity contribution in [3.05, 3.63) is 23.8 Å². The third-order valence-electron chi connectivity index (χ3n) is 8.39. The Morgan fingerprint density at radius 3 is 2.40 bits per heavy atom. The van der Waals surface area contributed by atoms with Crippen LogP contribution in [0.3, 0.4) is 0 Å². The summed E-state index contributed by atoms with van der Waals surface area (Å²) < 4.78 is 22.8. The predicted molar refractivity (Wildman–Crippen MR) is 162 cm³/mol. The lowest BCUT2D eigenvalue weighted by molar-refractivity contribution is -0.130. The summed E-state index contributed by atoms with van der Waals surface area (Å²) in [5.41, 5.74) is 5.76. The van der Waals surface area contributed by atoms with Crippen LogP contribution in [0.4, 0.5) is 0 Å². The number of benzene rings is 1. The molecule has 1 fully saturated rings. The molecule has 1 heterocycles. The highest BCUT2D eigenvalue weighted by Gasteiger charge is 2.40. The Morgan fingerprint density at radius 2 is 1.83 bits per heavy atom. The van der Waals surface area contributed by atoms with Gasteiger partial charge in [-0.25, -0.2) is 0 Å². The quantitative estimate of drug-likeness (QED) is 0.185. The summed E-state index contributed by atoms with van der Waals surface area (Å²) in [5.74, 6) is 1.07. The van der Waals surface area contributed by atoms with Crippen LogP contribution in [-0.2, 0) is 30.3 Å². The van der Waals surface area contributed by atoms with Crippen LogP contribution < -0.4 is 20.5 Å². The number of nitrogens with one attached hydrogen (secondary N) is 1. The van der Waals surface area contributed by atoms with E-state index in [4.69, 9.17) is 24.7 Å². The first-order chi connectivity index (χ1) is 19.8. The highest BCUT2D eigenvalue weighted by molar-refractivity contribution is 5.83. The van der Waals surface area contributed by atoms with Crippen molar-refractivity contribution in [1.29, 1.82) is 0 Å². The third kappa shape index (κ3) is 10.2. The van der Waals surface area contributed by atoms with Crippen LogP contribution in [0.5, 0.6) is 11.5 Å². The number of hydrogen-bond donors (Lipinski definition) is 2. The molecule has 1 saturated heterocycles. The van der Waals surface area contributed by atoms with Crippen molar-refractivity contribution in [2.75, 3.05) is 40.7 Å². The number of hydrogen-bond acceptors (Lipinski definition) is 7. The fraction of sp³-hybridized carbons (Fsp3) is 0.719. The van der Waals surface area contributed by atoms with Gasteiger partial charge >= 0.3 is 0 Å². The van der Waals surface area contributed by atoms with Crippen molar-refractivity contribution < 1.29 is 33.3 Å². The van der Waals surface area contributed by atoms with Gasteiger partial charge in [0.15, 0.2) is 11.5 Å². The van der Waals surface area contributed by atoms with E-state index in [1.165, 1.54) is 0 Å². The van der Waals surface area contributed by atoms with Gasteiger partial charge < -0.3 is 34.9 Å². The number of nitrogens with zero attached hydrogens (tertiary/aromatic N) is 1. The number of amides is 3. The fourth-order valence-corrected chi connectivity index (χ4v) is 5.23. The first kappa shape index (κ1) is 35.3. The molecule has 0 spiro atoms. The molecule has 1 aromatic rings. The lowest BCUT2D eigenvalue weighted by atomic mass is 9.80. The van der Waals surface area contributed by atoms with Gasteiger partial charge in [0.2, 0.25) is 18.2 Å². The molecule has 0 aromatic heterocycles. The molecular weight excluding hydrogens is 538 g/mol. The van der Waals surface area contributed by atoms with Crippen LogP contribution in [-0.4, -0.2) is 76.0 Å². The molecule has 3 amide bonds. The van der Waals surface area contributed by atoms with Crippen LogP contribution in [0, 0.1) is 29.1 Å². The van der Waals surface area contributed by atoms with E-state index in [0.29, 0.717) is 37.1 Å². The zero-order valence-electron chi connectivity index (χ0n) is 26.8. The molecule has 42 heavy (non-hydrogen) atoms. The van der Waals surface area contributed by atoms with Crippen molar-refractivity contribution in [1.82, 2.24) is 10.2 Å². The lowest BCUT2D eigenvalue weighted by Crippen LogP contribution is -2.46. The molecule has 10 heteroatoms. The van der Waals surface area contributed by atoms with Gasteiger partial charge in [0.1, 0.15) is 6.73 Å². The Labute approximate surface area is 252 Å². The molecule has 0 saturated carbocycles. The summed E-state index contributed by atoms with van der Waals surface area (Å²) >= 11 is 0. The van der Waals surface area contributed by atoms with Gasteiger partial charge in [0.05, 0.1) is 31.3 Å². The maximum atomic E-state index is 13.2. The van der Waals surface area contributed by atoms with Crippen LogP contribution in [0.2, 0.25) is 0 Å². The maximum absolute atomic E-state index is 13.2. The van der Waals surface area contributed by atoms with E-state index in [9.17, 15) is 14.4 Å². The number of nitrogens with two attached hydrogens (primary N) is 1. The topological polar surface area (TPSA) is 129 Å². The first-order valence-corrected chi connectivity index (χ1v) is 15.0. The van der Waals surface area contributed by atoms with Crippen molar-refractivity contribution >= 4 is 18.2 Å². The summed E-state index contributed by atoms with van der Waals surface area (Å²) in [6.45, 7) is 13.3. The summed E-state index contributed by atoms with van der Waals surface area (Å²) in [6.07, 6.45) is 3.35. The van der Waals surface area contributed by atoms with Crippen molar-refractivity contribution in [3.63, 3.8) is 0 Å². The largest absolute Gasteiger partial charge is 0.493 e. The second-order valence-electron chi connectivity index (χ2n) is 12.7. The molecule has 3 N–H and O–H groups in total. The van der Waals surface area contributed by atoms with Crippen molar-refractivity contribution in [2.24, 2.45) is 34.8 Å². The molecule has 1 aliphatic rings. The second kappa shape index (κ2) is 16.7. The maximum Gasteiger partial charge on any atom is 0.224 e. The highest BCUT2D eigenvalue weighted by Crippen LogP contribution is 2.35. The van der Waals surface area contributed by atoms with Gasteiger partial charge in [0, 0.05) is 32.6 Å². The van der Waals surface area contributed by atoms with E-state index in [2.05, 4.69) is 25.2 Å². The molecule has 1 aromatic carbocycles. The van der Waals surface area contributed by atoms with Gasteiger partial charge in [-0.15, -0.1) is 0 Å². The Kier molecular flexibility index (Phi) is 14.1. The average Bonchev–Trinajstić information content (AvgIpc) is 3.33. The van der Waals surface area contributed by atoms with E-state index in [-0.39, 0.29) is 49.1 Å². The van der Waals surface area contributed by atoms with Crippen molar-refractivity contribution in [3.8, 4) is 11.5 Å². The number of primary amides is 1. The second-order valence-corrected chi connectivity index (χ2v) is 12.7. The molecule has 0 unspecified atom stereocenters. The Balaban J connectivity index is 2.18. The number of rotatable bonds is 19. The smallest absolute Gasteiger partial charge is 0.224 e. The summed E-state index contributed by atoms with van der Waals surface area (Å²) in [7, 11) is 3.30. The zero-order valence-corrected chi connectivity index (χ0v) is 26.8. The van der Waals surface area contributed by atoms with Gasteiger partial charge in [-0.3, -0.25) is 14.4 Å². The van der Waals surface area contributed by atoms with E-state index in [0.717, 1.165) is 31.2 Å². The summed E-state index contributed by atoms with van der Waals surface area (Å²) in [5, 5.41) is 2.92. The zero-order chi connectivity index (χ0) is 31.4. The minimum atomic E-state index is -0.849. The van der Waals surface area contributed by atoms with Gasteiger partial charge in [-0.05, 0) is 68.6 Å². The number of methoxy groups -OCH3 is 2. The molecule has 0 aliphatic carbocycles. The third-order valence-corrected chi connectivity index (χ3v) is 8.39. The lowest BCUT2D eigenvalue weighted by Gasteiger charge is -2.32. The minimum Gasteiger partial charge on any atom is -0.493 e. The minimum absolute atomic E-state index is 0.0405. The molecule has 2 rings (SSSR count). The van der Waals surface area contributed by atoms with Crippen molar-refractivity contribution in [2.45, 2.75) is 79.4 Å². The molecule has 0 radical (unpaired) electrons. The van der Waals surface area contributed by atoms with E-state index in [1.54, 1.807) is 33.0 Å². The normalized spacial score (nSPS) is 18.7. The predicted octanol–water partition coefficient (Wildman–Crippen LogP) is 3.79. The number of ether oxygens (including phenoxy) is 4. The SMILES string of the molecule is COCCCOc1cc(C[C@@H](C[C@H]2[C@H](C[C@H](C(=O)NCC(C)(C)C(N)=O)C(C)C)OCN2C=O)C(C)C)ccc1OC. The van der Waals surface area contributed by atoms with Crippen LogP contribution in [0.25, 0.3) is 0 Å². The van der Waals surface area contributed by atoms with Crippen LogP contribution in [0.15, 0.2) is 18.2 Å². The standard InChI is InChI=1S/C32H53N3O7/c1-21(2)24(14-23-10-11-27(40-8)29(15-23)41-13-9-12-39-7)16-26-28(42-20-35(26)19-36)17-25(22(3)4)30(37)34-18-32(5,6)31(33)38/h10-11,15,19,21-22,24-26,28H,9,12-14,16-18,20H2,1-8H3,(H2,33,38)(H,34,37)/t24-,25-,26-,28-/m0/s1. The number of carbonyl (C=O) groups is 3. The van der Waals surface area contributed by atoms with Crippen LogP contribution in [0.1, 0.15) is 66.4 Å². The molecule has 238 valence electrons. The van der Waals surface area contributed by atoms with Crippen LogP contribution >= 0.6 is 0 Å². The van der Waals surface area contributed by atoms with E-state index >= 15 is 0 Å². The molecule has 4 atom stereocenters. The number of carbonyl (C=O) groups excluding carboxylic acids is 3. The van der Waals surface area contributed by atoms with E-state index < -0.39 is 11.3 Å². The first-order valence-electron chi connectivity index (χ1n) is 15.0. The average molecular weight is 592 g/mol. The Hall–Kier alpha value is -2.85. The molecule has 10 nitrogen and oxygen atoms in total. The molecule has 1 aliphatic heterocycles. The van der Waals surface area contributed by atoms with E-state index in [1.807, 2.05) is 26.0 Å². The van der Waals surface area contributed by atoms with Gasteiger partial charge in [0.25, 0.3) is 0 Å². The van der Waals surface area contributed by atoms with Gasteiger partial charge in [-0.2, -0.15) is 0 Å². The monoisotopic (exact) mass is 591 g/mol. The Morgan fingerprint density at radius 1 is 1.12 bits per heavy atom. The van der Waals surface area contributed by atoms with Gasteiger partial charge in [-0.1, -0.05) is 33.8 Å². The molecule has 0 bridgehead atoms. The summed E-state index contributed by atoms with van der Waals surface area (Å²) in [4.78, 5) is 38.7. The highest BCUT2D eigenvalue weighted by atomic mass is 16.5. The summed E-state index contributed by atoms with van der Waals surface area (Å²) in [6, 6.07) is 5.87. The fourth-order valence-electron chi connectivity index (χ4n) is 5.23. The molecular formula is C32H53N3O7.